The van der Waals surface area contributed by atoms with Gasteiger partial charge in [-0.3, -0.25) is 14.2 Å². The molecule has 1 spiro atoms. The van der Waals surface area contributed by atoms with Crippen molar-refractivity contribution >= 4 is 17.8 Å². The van der Waals surface area contributed by atoms with Crippen LogP contribution in [-0.2, 0) is 6.54 Å². The van der Waals surface area contributed by atoms with Gasteiger partial charge in [0.05, 0.1) is 11.2 Å². The molecule has 0 saturated carbocycles. The second-order valence-electron chi connectivity index (χ2n) is 9.08. The van der Waals surface area contributed by atoms with Gasteiger partial charge in [0.15, 0.2) is 0 Å². The molecule has 3 aromatic rings. The Bertz CT molecular complexity index is 1110. The van der Waals surface area contributed by atoms with Crippen molar-refractivity contribution in [2.75, 3.05) is 17.4 Å². The Kier molecular flexibility index (Phi) is 5.93. The van der Waals surface area contributed by atoms with Crippen LogP contribution in [0.2, 0.25) is 0 Å². The van der Waals surface area contributed by atoms with Crippen LogP contribution in [0, 0.1) is 12.7 Å². The smallest absolute Gasteiger partial charge is 0.125 e. The Hall–Kier alpha value is -2.41. The molecule has 2 saturated heterocycles. The SMILES string of the molecule is Cc1ccncc1-c1cccc(CN2CCC3(CNSN3c3cccc(F)c3)CC2C)c1. The summed E-state index contributed by atoms with van der Waals surface area (Å²) in [4.78, 5) is 6.89. The minimum atomic E-state index is -0.181. The number of nitrogens with one attached hydrogen (secondary N) is 1. The molecule has 2 aliphatic rings. The number of benzene rings is 2. The number of piperidine rings is 1. The summed E-state index contributed by atoms with van der Waals surface area (Å²) < 4.78 is 19.6. The number of aromatic nitrogens is 1. The van der Waals surface area contributed by atoms with Crippen molar-refractivity contribution in [1.82, 2.24) is 14.6 Å². The Morgan fingerprint density at radius 2 is 2.06 bits per heavy atom. The molecule has 0 amide bonds. The lowest BCUT2D eigenvalue weighted by Crippen LogP contribution is -2.56. The fraction of sp³-hybridized carbons (Fsp3) is 0.346. The number of hydrogen-bond donors (Lipinski definition) is 1. The number of rotatable bonds is 4. The first-order valence-corrected chi connectivity index (χ1v) is 12.0. The Morgan fingerprint density at radius 3 is 2.88 bits per heavy atom. The minimum Gasteiger partial charge on any atom is -0.296 e. The summed E-state index contributed by atoms with van der Waals surface area (Å²) in [7, 11) is 0. The predicted molar refractivity (Wildman–Crippen MR) is 131 cm³/mol. The van der Waals surface area contributed by atoms with Crippen molar-refractivity contribution in [3.8, 4) is 11.1 Å². The van der Waals surface area contributed by atoms with Crippen LogP contribution >= 0.6 is 12.1 Å². The van der Waals surface area contributed by atoms with Crippen molar-refractivity contribution in [2.24, 2.45) is 0 Å². The lowest BCUT2D eigenvalue weighted by atomic mass is 9.83. The maximum absolute atomic E-state index is 13.9. The van der Waals surface area contributed by atoms with Gasteiger partial charge in [-0.1, -0.05) is 24.3 Å². The van der Waals surface area contributed by atoms with Gasteiger partial charge in [0.25, 0.3) is 0 Å². The zero-order valence-corrected chi connectivity index (χ0v) is 19.4. The maximum atomic E-state index is 13.9. The highest BCUT2D eigenvalue weighted by Gasteiger charge is 2.46. The molecule has 3 heterocycles. The van der Waals surface area contributed by atoms with Crippen molar-refractivity contribution in [2.45, 2.75) is 44.8 Å². The number of nitrogens with zero attached hydrogens (tertiary/aromatic N) is 3. The zero-order valence-electron chi connectivity index (χ0n) is 18.6. The Labute approximate surface area is 194 Å². The Morgan fingerprint density at radius 1 is 1.19 bits per heavy atom. The summed E-state index contributed by atoms with van der Waals surface area (Å²) in [6.45, 7) is 7.33. The molecule has 0 radical (unpaired) electrons. The molecule has 166 valence electrons. The third-order valence-corrected chi connectivity index (χ3v) is 7.91. The summed E-state index contributed by atoms with van der Waals surface area (Å²) in [6.07, 6.45) is 5.89. The minimum absolute atomic E-state index is 0.0169. The van der Waals surface area contributed by atoms with Gasteiger partial charge in [-0.2, -0.15) is 0 Å². The first-order valence-electron chi connectivity index (χ1n) is 11.2. The lowest BCUT2D eigenvalue weighted by Gasteiger charge is -2.47. The van der Waals surface area contributed by atoms with E-state index in [-0.39, 0.29) is 11.4 Å². The van der Waals surface area contributed by atoms with Gasteiger partial charge < -0.3 is 0 Å². The van der Waals surface area contributed by atoms with Gasteiger partial charge in [0, 0.05) is 55.8 Å². The van der Waals surface area contributed by atoms with E-state index in [1.807, 2.05) is 18.5 Å². The highest BCUT2D eigenvalue weighted by Crippen LogP contribution is 2.43. The second kappa shape index (κ2) is 8.85. The number of pyridine rings is 1. The summed E-state index contributed by atoms with van der Waals surface area (Å²) >= 11 is 1.61. The highest BCUT2D eigenvalue weighted by atomic mass is 32.2. The molecule has 0 aliphatic carbocycles. The molecule has 2 aliphatic heterocycles. The number of halogens is 1. The van der Waals surface area contributed by atoms with E-state index in [1.54, 1.807) is 24.3 Å². The fourth-order valence-electron chi connectivity index (χ4n) is 5.10. The molecule has 2 unspecified atom stereocenters. The van der Waals surface area contributed by atoms with Gasteiger partial charge in [-0.25, -0.2) is 9.11 Å². The van der Waals surface area contributed by atoms with Crippen LogP contribution < -0.4 is 9.03 Å². The predicted octanol–water partition coefficient (Wildman–Crippen LogP) is 5.59. The Balaban J connectivity index is 1.31. The van der Waals surface area contributed by atoms with E-state index in [1.165, 1.54) is 28.3 Å². The normalized spacial score (nSPS) is 23.7. The number of hydrogen-bond acceptors (Lipinski definition) is 5. The molecular weight excluding hydrogens is 419 g/mol. The average Bonchev–Trinajstić information content (AvgIpc) is 3.19. The van der Waals surface area contributed by atoms with Crippen molar-refractivity contribution in [1.29, 1.82) is 0 Å². The second-order valence-corrected chi connectivity index (χ2v) is 9.91. The highest BCUT2D eigenvalue weighted by molar-refractivity contribution is 7.99. The molecule has 2 fully saturated rings. The molecule has 6 heteroatoms. The number of aryl methyl sites for hydroxylation is 1. The van der Waals surface area contributed by atoms with E-state index in [0.717, 1.165) is 38.2 Å². The van der Waals surface area contributed by atoms with Crippen molar-refractivity contribution in [3.05, 3.63) is 83.9 Å². The molecule has 1 N–H and O–H groups in total. The molecule has 5 rings (SSSR count). The molecule has 1 aromatic heterocycles. The van der Waals surface area contributed by atoms with E-state index in [2.05, 4.69) is 63.1 Å². The first kappa shape index (κ1) is 21.4. The molecule has 2 atom stereocenters. The monoisotopic (exact) mass is 448 g/mol. The van der Waals surface area contributed by atoms with Crippen LogP contribution in [0.5, 0.6) is 0 Å². The fourth-order valence-corrected chi connectivity index (χ4v) is 6.21. The summed E-state index contributed by atoms with van der Waals surface area (Å²) in [5, 5.41) is 0. The van der Waals surface area contributed by atoms with Gasteiger partial charge in [0.2, 0.25) is 0 Å². The lowest BCUT2D eigenvalue weighted by molar-refractivity contribution is 0.106. The van der Waals surface area contributed by atoms with E-state index in [4.69, 9.17) is 0 Å². The molecule has 32 heavy (non-hydrogen) atoms. The van der Waals surface area contributed by atoms with E-state index >= 15 is 0 Å². The van der Waals surface area contributed by atoms with Crippen LogP contribution in [0.1, 0.15) is 30.9 Å². The summed E-state index contributed by atoms with van der Waals surface area (Å²) in [6, 6.07) is 18.3. The maximum Gasteiger partial charge on any atom is 0.125 e. The van der Waals surface area contributed by atoms with E-state index in [0.29, 0.717) is 6.04 Å². The van der Waals surface area contributed by atoms with E-state index in [9.17, 15) is 4.39 Å². The first-order chi connectivity index (χ1) is 15.5. The molecular formula is C26H29FN4S. The van der Waals surface area contributed by atoms with Crippen molar-refractivity contribution in [3.63, 3.8) is 0 Å². The van der Waals surface area contributed by atoms with Crippen LogP contribution in [0.25, 0.3) is 11.1 Å². The van der Waals surface area contributed by atoms with Crippen LogP contribution in [0.4, 0.5) is 10.1 Å². The largest absolute Gasteiger partial charge is 0.296 e. The zero-order chi connectivity index (χ0) is 22.1. The van der Waals surface area contributed by atoms with Gasteiger partial charge in [-0.05, 0) is 73.7 Å². The summed E-state index contributed by atoms with van der Waals surface area (Å²) in [5.74, 6) is -0.181. The number of likely N-dealkylation sites (tertiary alicyclic amines) is 1. The van der Waals surface area contributed by atoms with Gasteiger partial charge >= 0.3 is 0 Å². The molecule has 0 bridgehead atoms. The quantitative estimate of drug-likeness (QED) is 0.526. The van der Waals surface area contributed by atoms with E-state index < -0.39 is 0 Å². The van der Waals surface area contributed by atoms with Crippen LogP contribution in [-0.4, -0.2) is 34.6 Å². The molecule has 4 nitrogen and oxygen atoms in total. The molecule has 2 aromatic carbocycles. The topological polar surface area (TPSA) is 31.4 Å². The van der Waals surface area contributed by atoms with Gasteiger partial charge in [-0.15, -0.1) is 0 Å². The van der Waals surface area contributed by atoms with Crippen molar-refractivity contribution < 1.29 is 4.39 Å². The third-order valence-electron chi connectivity index (χ3n) is 6.86. The average molecular weight is 449 g/mol. The standard InChI is InChI=1S/C26H29FN4S/c1-19-9-11-28-16-25(19)22-6-3-5-21(13-22)17-30-12-10-26(15-20(30)2)18-29-32-31(26)24-8-4-7-23(27)14-24/h3-9,11,13-14,16,20,29H,10,12,15,17-18H2,1-2H3. The number of anilines is 1. The van der Waals surface area contributed by atoms with Crippen LogP contribution in [0.3, 0.4) is 0 Å². The third kappa shape index (κ3) is 4.15. The summed E-state index contributed by atoms with van der Waals surface area (Å²) in [5.41, 5.74) is 5.95. The van der Waals surface area contributed by atoms with Crippen LogP contribution in [0.15, 0.2) is 67.0 Å². The van der Waals surface area contributed by atoms with Gasteiger partial charge in [0.1, 0.15) is 5.82 Å².